The SMILES string of the molecule is C[C@@]1(c2cccc(CC(=O)C#Cc3ccccc3)c2)CCSC(N)=N1. The molecule has 0 saturated carbocycles. The fourth-order valence-corrected chi connectivity index (χ4v) is 3.78. The third-order valence-electron chi connectivity index (χ3n) is 4.23. The van der Waals surface area contributed by atoms with E-state index in [0.29, 0.717) is 11.6 Å². The van der Waals surface area contributed by atoms with Gasteiger partial charge >= 0.3 is 0 Å². The number of carbonyl (C=O) groups is 1. The van der Waals surface area contributed by atoms with E-state index in [0.717, 1.165) is 28.9 Å². The van der Waals surface area contributed by atoms with Gasteiger partial charge in [-0.25, -0.2) is 0 Å². The van der Waals surface area contributed by atoms with E-state index in [-0.39, 0.29) is 11.3 Å². The number of carbonyl (C=O) groups excluding carboxylic acids is 1. The minimum Gasteiger partial charge on any atom is -0.379 e. The fourth-order valence-electron chi connectivity index (χ4n) is 2.80. The number of aliphatic imine (C=N–C) groups is 1. The van der Waals surface area contributed by atoms with Gasteiger partial charge in [0.1, 0.15) is 0 Å². The molecule has 0 aromatic heterocycles. The quantitative estimate of drug-likeness (QED) is 0.864. The molecule has 0 bridgehead atoms. The third-order valence-corrected chi connectivity index (χ3v) is 5.02. The van der Waals surface area contributed by atoms with Gasteiger partial charge in [0.2, 0.25) is 5.78 Å². The molecule has 1 heterocycles. The number of thioether (sulfide) groups is 1. The van der Waals surface area contributed by atoms with Crippen LogP contribution in [-0.2, 0) is 16.8 Å². The van der Waals surface area contributed by atoms with Gasteiger partial charge in [0.05, 0.1) is 5.54 Å². The summed E-state index contributed by atoms with van der Waals surface area (Å²) in [6.07, 6.45) is 1.24. The smallest absolute Gasteiger partial charge is 0.210 e. The topological polar surface area (TPSA) is 55.5 Å². The molecule has 0 unspecified atom stereocenters. The maximum atomic E-state index is 12.2. The number of amidine groups is 1. The number of Topliss-reactive ketones (excluding diaryl/α,β-unsaturated/α-hetero) is 1. The van der Waals surface area contributed by atoms with Crippen molar-refractivity contribution >= 4 is 22.7 Å². The molecule has 4 heteroatoms. The van der Waals surface area contributed by atoms with E-state index in [1.54, 1.807) is 11.8 Å². The minimum absolute atomic E-state index is 0.0895. The highest BCUT2D eigenvalue weighted by atomic mass is 32.2. The Hall–Kier alpha value is -2.51. The zero-order chi connectivity index (χ0) is 17.7. The van der Waals surface area contributed by atoms with Gasteiger partial charge < -0.3 is 5.73 Å². The molecule has 0 saturated heterocycles. The van der Waals surface area contributed by atoms with Crippen LogP contribution in [0.3, 0.4) is 0 Å². The Bertz CT molecular complexity index is 864. The average molecular weight is 348 g/mol. The number of ketones is 1. The highest BCUT2D eigenvalue weighted by molar-refractivity contribution is 8.13. The lowest BCUT2D eigenvalue weighted by Crippen LogP contribution is -2.28. The van der Waals surface area contributed by atoms with Crippen molar-refractivity contribution in [3.05, 3.63) is 71.3 Å². The number of nitrogens with two attached hydrogens (primary N) is 1. The van der Waals surface area contributed by atoms with Crippen LogP contribution >= 0.6 is 11.8 Å². The molecule has 1 atom stereocenters. The van der Waals surface area contributed by atoms with Gasteiger partial charge in [-0.3, -0.25) is 9.79 Å². The van der Waals surface area contributed by atoms with E-state index >= 15 is 0 Å². The van der Waals surface area contributed by atoms with Crippen molar-refractivity contribution < 1.29 is 4.79 Å². The number of hydrogen-bond acceptors (Lipinski definition) is 4. The molecule has 3 rings (SSSR count). The van der Waals surface area contributed by atoms with E-state index in [2.05, 4.69) is 35.9 Å². The summed E-state index contributed by atoms with van der Waals surface area (Å²) in [5.74, 6) is 6.50. The van der Waals surface area contributed by atoms with E-state index in [9.17, 15) is 4.79 Å². The molecule has 1 aliphatic rings. The van der Waals surface area contributed by atoms with Gasteiger partial charge in [-0.1, -0.05) is 60.1 Å². The van der Waals surface area contributed by atoms with Crippen molar-refractivity contribution in [2.24, 2.45) is 10.7 Å². The number of nitrogens with zero attached hydrogens (tertiary/aromatic N) is 1. The fraction of sp³-hybridized carbons (Fsp3) is 0.238. The lowest BCUT2D eigenvalue weighted by atomic mass is 9.88. The summed E-state index contributed by atoms with van der Waals surface area (Å²) in [5, 5.41) is 0.629. The summed E-state index contributed by atoms with van der Waals surface area (Å²) < 4.78 is 0. The molecular weight excluding hydrogens is 328 g/mol. The van der Waals surface area contributed by atoms with Crippen LogP contribution in [0, 0.1) is 11.8 Å². The monoisotopic (exact) mass is 348 g/mol. The summed E-state index contributed by atoms with van der Waals surface area (Å²) in [6.45, 7) is 2.09. The first kappa shape index (κ1) is 17.3. The second-order valence-corrected chi connectivity index (χ2v) is 7.35. The molecule has 3 nitrogen and oxygen atoms in total. The zero-order valence-corrected chi connectivity index (χ0v) is 15.0. The van der Waals surface area contributed by atoms with Crippen LogP contribution in [0.4, 0.5) is 0 Å². The highest BCUT2D eigenvalue weighted by Crippen LogP contribution is 2.35. The molecule has 0 aliphatic carbocycles. The first-order chi connectivity index (χ1) is 12.0. The first-order valence-electron chi connectivity index (χ1n) is 8.23. The summed E-state index contributed by atoms with van der Waals surface area (Å²) in [7, 11) is 0. The average Bonchev–Trinajstić information content (AvgIpc) is 2.61. The van der Waals surface area contributed by atoms with Gasteiger partial charge in [0.25, 0.3) is 0 Å². The largest absolute Gasteiger partial charge is 0.379 e. The van der Waals surface area contributed by atoms with Gasteiger partial charge in [-0.15, -0.1) is 0 Å². The lowest BCUT2D eigenvalue weighted by Gasteiger charge is -2.30. The zero-order valence-electron chi connectivity index (χ0n) is 14.2. The van der Waals surface area contributed by atoms with Gasteiger partial charge in [-0.05, 0) is 42.5 Å². The molecule has 2 aromatic carbocycles. The number of hydrogen-bond donors (Lipinski definition) is 1. The molecule has 0 radical (unpaired) electrons. The summed E-state index contributed by atoms with van der Waals surface area (Å²) in [6, 6.07) is 17.6. The van der Waals surface area contributed by atoms with Crippen LogP contribution in [0.1, 0.15) is 30.0 Å². The van der Waals surface area contributed by atoms with E-state index in [1.807, 2.05) is 42.5 Å². The van der Waals surface area contributed by atoms with Crippen molar-refractivity contribution in [3.63, 3.8) is 0 Å². The minimum atomic E-state index is -0.315. The number of rotatable bonds is 3. The van der Waals surface area contributed by atoms with E-state index < -0.39 is 0 Å². The predicted octanol–water partition coefficient (Wildman–Crippen LogP) is 3.52. The maximum absolute atomic E-state index is 12.2. The second kappa shape index (κ2) is 7.58. The van der Waals surface area contributed by atoms with Crippen LogP contribution in [0.5, 0.6) is 0 Å². The molecular formula is C21H20N2OS. The van der Waals surface area contributed by atoms with Crippen molar-refractivity contribution in [2.75, 3.05) is 5.75 Å². The van der Waals surface area contributed by atoms with Gasteiger partial charge in [0, 0.05) is 17.7 Å². The molecule has 126 valence electrons. The maximum Gasteiger partial charge on any atom is 0.210 e. The molecule has 2 N–H and O–H groups in total. The Labute approximate surface area is 152 Å². The highest BCUT2D eigenvalue weighted by Gasteiger charge is 2.29. The molecule has 1 aliphatic heterocycles. The molecule has 25 heavy (non-hydrogen) atoms. The summed E-state index contributed by atoms with van der Waals surface area (Å²) in [5.41, 5.74) is 8.49. The Morgan fingerprint density at radius 2 is 2.04 bits per heavy atom. The van der Waals surface area contributed by atoms with Crippen LogP contribution in [-0.4, -0.2) is 16.7 Å². The molecule has 0 spiro atoms. The molecule has 2 aromatic rings. The van der Waals surface area contributed by atoms with Gasteiger partial charge in [0.15, 0.2) is 5.17 Å². The number of benzene rings is 2. The van der Waals surface area contributed by atoms with E-state index in [4.69, 9.17) is 5.73 Å². The standard InChI is InChI=1S/C21H20N2OS/c1-21(12-13-25-20(22)23-21)18-9-5-8-17(14-18)15-19(24)11-10-16-6-3-2-4-7-16/h2-9,14H,12-13,15H2,1H3,(H2,22,23)/t21-/m0/s1. The van der Waals surface area contributed by atoms with Crippen LogP contribution in [0.2, 0.25) is 0 Å². The third kappa shape index (κ3) is 4.52. The summed E-state index contributed by atoms with van der Waals surface area (Å²) in [4.78, 5) is 16.8. The Balaban J connectivity index is 1.75. The first-order valence-corrected chi connectivity index (χ1v) is 9.21. The van der Waals surface area contributed by atoms with Crippen LogP contribution in [0.25, 0.3) is 0 Å². The van der Waals surface area contributed by atoms with Crippen molar-refractivity contribution in [2.45, 2.75) is 25.3 Å². The molecule has 0 amide bonds. The Morgan fingerprint density at radius 3 is 2.80 bits per heavy atom. The second-order valence-electron chi connectivity index (χ2n) is 6.24. The van der Waals surface area contributed by atoms with E-state index in [1.165, 1.54) is 0 Å². The Morgan fingerprint density at radius 1 is 1.24 bits per heavy atom. The predicted molar refractivity (Wildman–Crippen MR) is 105 cm³/mol. The van der Waals surface area contributed by atoms with Crippen LogP contribution in [0.15, 0.2) is 59.6 Å². The molecule has 0 fully saturated rings. The van der Waals surface area contributed by atoms with Crippen molar-refractivity contribution in [3.8, 4) is 11.8 Å². The van der Waals surface area contributed by atoms with Crippen LogP contribution < -0.4 is 5.73 Å². The van der Waals surface area contributed by atoms with Crippen molar-refractivity contribution in [1.29, 1.82) is 0 Å². The van der Waals surface area contributed by atoms with Crippen molar-refractivity contribution in [1.82, 2.24) is 0 Å². The Kier molecular flexibility index (Phi) is 5.25. The summed E-state index contributed by atoms with van der Waals surface area (Å²) >= 11 is 1.59. The van der Waals surface area contributed by atoms with Gasteiger partial charge in [-0.2, -0.15) is 0 Å². The normalized spacial score (nSPS) is 19.5. The lowest BCUT2D eigenvalue weighted by molar-refractivity contribution is -0.113.